The minimum Gasteiger partial charge on any atom is -0.449 e. The molecule has 11 heteroatoms. The fourth-order valence-electron chi connectivity index (χ4n) is 3.72. The van der Waals surface area contributed by atoms with Gasteiger partial charge in [0.2, 0.25) is 0 Å². The first-order chi connectivity index (χ1) is 15.5. The van der Waals surface area contributed by atoms with E-state index in [4.69, 9.17) is 9.72 Å². The minimum absolute atomic E-state index is 0.201. The molecule has 2 atom stereocenters. The number of imidazole rings is 1. The highest BCUT2D eigenvalue weighted by Crippen LogP contribution is 2.27. The lowest BCUT2D eigenvalue weighted by molar-refractivity contribution is 0.102. The molecular formula is C21H28N8O3. The molecule has 4 heterocycles. The van der Waals surface area contributed by atoms with Crippen LogP contribution in [0.1, 0.15) is 32.5 Å². The van der Waals surface area contributed by atoms with E-state index in [2.05, 4.69) is 25.3 Å². The number of carbonyl (C=O) groups excluding carboxylic acids is 1. The highest BCUT2D eigenvalue weighted by molar-refractivity contribution is 5.86. The van der Waals surface area contributed by atoms with Crippen LogP contribution < -0.4 is 5.32 Å². The normalized spacial score (nSPS) is 18.3. The molecule has 2 unspecified atom stereocenters. The third-order valence-corrected chi connectivity index (χ3v) is 5.48. The van der Waals surface area contributed by atoms with Crippen molar-refractivity contribution in [3.05, 3.63) is 24.5 Å². The van der Waals surface area contributed by atoms with Gasteiger partial charge < -0.3 is 24.6 Å². The standard InChI is InChI=1S/C21H28N8O3/c1-4-6-7-32-21(31)28-10-15(16(30)11-28)26-18-17-20(25-12-24-18)29(5-2)19(27-17)14-8-22-13(3)23-9-14/h8-9,12,15-16,30H,4-7,10-11H2,1-3H3,(H,24,25,26). The van der Waals surface area contributed by atoms with Gasteiger partial charge in [-0.3, -0.25) is 0 Å². The Morgan fingerprint density at radius 1 is 1.22 bits per heavy atom. The van der Waals surface area contributed by atoms with Crippen LogP contribution in [0.4, 0.5) is 10.6 Å². The van der Waals surface area contributed by atoms with Crippen molar-refractivity contribution in [3.8, 4) is 11.4 Å². The molecule has 0 aromatic carbocycles. The summed E-state index contributed by atoms with van der Waals surface area (Å²) in [5.74, 6) is 1.88. The summed E-state index contributed by atoms with van der Waals surface area (Å²) in [6, 6.07) is -0.398. The van der Waals surface area contributed by atoms with E-state index in [0.717, 1.165) is 18.4 Å². The molecule has 1 amide bonds. The van der Waals surface area contributed by atoms with Crippen molar-refractivity contribution >= 4 is 23.1 Å². The van der Waals surface area contributed by atoms with Crippen LogP contribution in [-0.2, 0) is 11.3 Å². The summed E-state index contributed by atoms with van der Waals surface area (Å²) in [5.41, 5.74) is 2.04. The van der Waals surface area contributed by atoms with E-state index >= 15 is 0 Å². The number of aliphatic hydroxyl groups is 1. The van der Waals surface area contributed by atoms with Crippen LogP contribution in [0.15, 0.2) is 18.7 Å². The minimum atomic E-state index is -0.753. The van der Waals surface area contributed by atoms with E-state index in [1.807, 2.05) is 25.3 Å². The fourth-order valence-corrected chi connectivity index (χ4v) is 3.72. The average Bonchev–Trinajstić information content (AvgIpc) is 3.35. The Balaban J connectivity index is 1.57. The van der Waals surface area contributed by atoms with Gasteiger partial charge in [-0.15, -0.1) is 0 Å². The van der Waals surface area contributed by atoms with Crippen molar-refractivity contribution < 1.29 is 14.6 Å². The number of aryl methyl sites for hydroxylation is 2. The highest BCUT2D eigenvalue weighted by Gasteiger charge is 2.35. The fraction of sp³-hybridized carbons (Fsp3) is 0.524. The highest BCUT2D eigenvalue weighted by atomic mass is 16.6. The van der Waals surface area contributed by atoms with Gasteiger partial charge in [-0.05, 0) is 20.3 Å². The lowest BCUT2D eigenvalue weighted by Crippen LogP contribution is -2.33. The predicted octanol–water partition coefficient (Wildman–Crippen LogP) is 2.01. The van der Waals surface area contributed by atoms with Gasteiger partial charge in [0, 0.05) is 25.5 Å². The predicted molar refractivity (Wildman–Crippen MR) is 118 cm³/mol. The number of nitrogens with one attached hydrogen (secondary N) is 1. The second-order valence-corrected chi connectivity index (χ2v) is 7.78. The van der Waals surface area contributed by atoms with Crippen LogP contribution >= 0.6 is 0 Å². The molecule has 1 aliphatic heterocycles. The maximum atomic E-state index is 12.3. The molecule has 1 aliphatic rings. The summed E-state index contributed by atoms with van der Waals surface area (Å²) in [4.78, 5) is 35.8. The summed E-state index contributed by atoms with van der Waals surface area (Å²) >= 11 is 0. The van der Waals surface area contributed by atoms with E-state index in [-0.39, 0.29) is 6.54 Å². The molecule has 170 valence electrons. The van der Waals surface area contributed by atoms with Gasteiger partial charge in [-0.25, -0.2) is 29.7 Å². The number of unbranched alkanes of at least 4 members (excludes halogenated alkanes) is 1. The van der Waals surface area contributed by atoms with E-state index < -0.39 is 18.2 Å². The number of hydrogen-bond donors (Lipinski definition) is 2. The van der Waals surface area contributed by atoms with Crippen molar-refractivity contribution in [2.75, 3.05) is 25.0 Å². The first kappa shape index (κ1) is 21.9. The summed E-state index contributed by atoms with van der Waals surface area (Å²) in [5, 5.41) is 13.8. The zero-order chi connectivity index (χ0) is 22.7. The number of carbonyl (C=O) groups is 1. The van der Waals surface area contributed by atoms with Crippen LogP contribution in [-0.4, -0.2) is 77.4 Å². The van der Waals surface area contributed by atoms with E-state index in [9.17, 15) is 9.90 Å². The van der Waals surface area contributed by atoms with E-state index in [1.54, 1.807) is 12.4 Å². The molecule has 0 saturated carbocycles. The summed E-state index contributed by atoms with van der Waals surface area (Å²) in [6.07, 6.45) is 5.54. The molecule has 0 spiro atoms. The number of likely N-dealkylation sites (tertiary alicyclic amines) is 1. The van der Waals surface area contributed by atoms with Crippen LogP contribution in [0.2, 0.25) is 0 Å². The van der Waals surface area contributed by atoms with E-state index in [0.29, 0.717) is 48.3 Å². The van der Waals surface area contributed by atoms with E-state index in [1.165, 1.54) is 11.2 Å². The van der Waals surface area contributed by atoms with Gasteiger partial charge in [-0.1, -0.05) is 13.3 Å². The maximum Gasteiger partial charge on any atom is 0.409 e. The van der Waals surface area contributed by atoms with Crippen LogP contribution in [0, 0.1) is 6.92 Å². The molecule has 0 bridgehead atoms. The Labute approximate surface area is 185 Å². The molecule has 32 heavy (non-hydrogen) atoms. The third-order valence-electron chi connectivity index (χ3n) is 5.48. The van der Waals surface area contributed by atoms with Crippen molar-refractivity contribution in [1.82, 2.24) is 34.4 Å². The van der Waals surface area contributed by atoms with Gasteiger partial charge in [0.05, 0.1) is 30.9 Å². The first-order valence-electron chi connectivity index (χ1n) is 10.9. The van der Waals surface area contributed by atoms with Gasteiger partial charge in [0.25, 0.3) is 0 Å². The second-order valence-electron chi connectivity index (χ2n) is 7.78. The quantitative estimate of drug-likeness (QED) is 0.530. The first-order valence-corrected chi connectivity index (χ1v) is 10.9. The van der Waals surface area contributed by atoms with Crippen LogP contribution in [0.25, 0.3) is 22.6 Å². The third kappa shape index (κ3) is 4.33. The number of aliphatic hydroxyl groups excluding tert-OH is 1. The van der Waals surface area contributed by atoms with Gasteiger partial charge in [0.1, 0.15) is 18.0 Å². The number of rotatable bonds is 7. The lowest BCUT2D eigenvalue weighted by Gasteiger charge is -2.17. The molecule has 0 radical (unpaired) electrons. The Kier molecular flexibility index (Phi) is 6.45. The number of hydrogen-bond acceptors (Lipinski definition) is 9. The smallest absolute Gasteiger partial charge is 0.409 e. The Hall–Kier alpha value is -3.34. The Morgan fingerprint density at radius 3 is 2.72 bits per heavy atom. The largest absolute Gasteiger partial charge is 0.449 e. The molecule has 11 nitrogen and oxygen atoms in total. The van der Waals surface area contributed by atoms with Crippen molar-refractivity contribution in [3.63, 3.8) is 0 Å². The monoisotopic (exact) mass is 440 g/mol. The zero-order valence-corrected chi connectivity index (χ0v) is 18.5. The number of ether oxygens (including phenoxy) is 1. The van der Waals surface area contributed by atoms with Gasteiger partial charge >= 0.3 is 6.09 Å². The number of fused-ring (bicyclic) bond motifs is 1. The molecule has 3 aromatic heterocycles. The number of aromatic nitrogens is 6. The molecule has 4 rings (SSSR count). The lowest BCUT2D eigenvalue weighted by atomic mass is 10.2. The SMILES string of the molecule is CCCCOC(=O)N1CC(O)C(Nc2ncnc3c2nc(-c2cnc(C)nc2)n3CC)C1. The number of anilines is 1. The zero-order valence-electron chi connectivity index (χ0n) is 18.5. The molecule has 2 N–H and O–H groups in total. The number of β-amino-alcohol motifs (C(OH)–C–C–N with tert-alkyl or cyclic N) is 1. The second kappa shape index (κ2) is 9.43. The summed E-state index contributed by atoms with van der Waals surface area (Å²) in [7, 11) is 0. The molecule has 1 saturated heterocycles. The molecule has 1 fully saturated rings. The van der Waals surface area contributed by atoms with Gasteiger partial charge in [-0.2, -0.15) is 0 Å². The van der Waals surface area contributed by atoms with Crippen molar-refractivity contribution in [2.24, 2.45) is 0 Å². The maximum absolute atomic E-state index is 12.3. The number of nitrogens with zero attached hydrogens (tertiary/aromatic N) is 7. The Morgan fingerprint density at radius 2 is 2.00 bits per heavy atom. The molecular weight excluding hydrogens is 412 g/mol. The molecule has 3 aromatic rings. The Bertz CT molecular complexity index is 1080. The van der Waals surface area contributed by atoms with Crippen molar-refractivity contribution in [1.29, 1.82) is 0 Å². The topological polar surface area (TPSA) is 131 Å². The summed E-state index contributed by atoms with van der Waals surface area (Å²) < 4.78 is 7.24. The van der Waals surface area contributed by atoms with Gasteiger partial charge in [0.15, 0.2) is 17.0 Å². The average molecular weight is 441 g/mol. The number of amides is 1. The summed E-state index contributed by atoms with van der Waals surface area (Å²) in [6.45, 7) is 7.42. The molecule has 0 aliphatic carbocycles. The van der Waals surface area contributed by atoms with Crippen LogP contribution in [0.5, 0.6) is 0 Å². The van der Waals surface area contributed by atoms with Crippen molar-refractivity contribution in [2.45, 2.75) is 52.3 Å². The van der Waals surface area contributed by atoms with Crippen LogP contribution in [0.3, 0.4) is 0 Å².